The molecule has 2 N–H and O–H groups in total. The van der Waals surface area contributed by atoms with Crippen LogP contribution in [0.4, 0.5) is 0 Å². The van der Waals surface area contributed by atoms with Gasteiger partial charge in [-0.1, -0.05) is 49.2 Å². The van der Waals surface area contributed by atoms with Gasteiger partial charge in [0.05, 0.1) is 0 Å². The third kappa shape index (κ3) is 2.66. The number of likely N-dealkylation sites (N-methyl/N-ethyl adjacent to an activating group) is 1. The van der Waals surface area contributed by atoms with Gasteiger partial charge in [-0.05, 0) is 29.7 Å². The van der Waals surface area contributed by atoms with E-state index >= 15 is 0 Å². The first-order valence-electron chi connectivity index (χ1n) is 7.69. The van der Waals surface area contributed by atoms with E-state index in [9.17, 15) is 4.79 Å². The maximum atomic E-state index is 12.9. The summed E-state index contributed by atoms with van der Waals surface area (Å²) in [5.41, 5.74) is 6.99. The summed E-state index contributed by atoms with van der Waals surface area (Å²) >= 11 is 0. The number of hydrogen-bond donors (Lipinski definition) is 1. The SMILES string of the molecule is CN(C(=O)c1cccc2ccccc12)C1CCCCC1N. The first-order valence-corrected chi connectivity index (χ1v) is 7.69. The van der Waals surface area contributed by atoms with Crippen LogP contribution >= 0.6 is 0 Å². The largest absolute Gasteiger partial charge is 0.337 e. The lowest BCUT2D eigenvalue weighted by molar-refractivity contribution is 0.0674. The van der Waals surface area contributed by atoms with E-state index in [1.807, 2.05) is 54.4 Å². The van der Waals surface area contributed by atoms with Crippen LogP contribution in [0.2, 0.25) is 0 Å². The highest BCUT2D eigenvalue weighted by molar-refractivity contribution is 6.07. The Bertz CT molecular complexity index is 647. The van der Waals surface area contributed by atoms with Crippen molar-refractivity contribution in [2.75, 3.05) is 7.05 Å². The fraction of sp³-hybridized carbons (Fsp3) is 0.389. The number of benzene rings is 2. The molecule has 2 aromatic carbocycles. The maximum Gasteiger partial charge on any atom is 0.254 e. The van der Waals surface area contributed by atoms with Gasteiger partial charge in [0.15, 0.2) is 0 Å². The highest BCUT2D eigenvalue weighted by atomic mass is 16.2. The van der Waals surface area contributed by atoms with Crippen molar-refractivity contribution in [2.24, 2.45) is 5.73 Å². The monoisotopic (exact) mass is 282 g/mol. The molecule has 0 heterocycles. The van der Waals surface area contributed by atoms with E-state index in [1.54, 1.807) is 0 Å². The van der Waals surface area contributed by atoms with E-state index in [-0.39, 0.29) is 18.0 Å². The summed E-state index contributed by atoms with van der Waals surface area (Å²) in [5.74, 6) is 0.0779. The molecule has 0 saturated heterocycles. The third-order valence-electron chi connectivity index (χ3n) is 4.62. The van der Waals surface area contributed by atoms with Crippen molar-refractivity contribution < 1.29 is 4.79 Å². The van der Waals surface area contributed by atoms with Crippen molar-refractivity contribution in [1.29, 1.82) is 0 Å². The minimum Gasteiger partial charge on any atom is -0.337 e. The summed E-state index contributed by atoms with van der Waals surface area (Å²) in [6, 6.07) is 14.2. The second-order valence-electron chi connectivity index (χ2n) is 5.96. The predicted octanol–water partition coefficient (Wildman–Crippen LogP) is 3.18. The van der Waals surface area contributed by atoms with Gasteiger partial charge >= 0.3 is 0 Å². The Morgan fingerprint density at radius 1 is 1.10 bits per heavy atom. The van der Waals surface area contributed by atoms with Crippen molar-refractivity contribution in [3.63, 3.8) is 0 Å². The fourth-order valence-electron chi connectivity index (χ4n) is 3.37. The number of amides is 1. The number of rotatable bonds is 2. The van der Waals surface area contributed by atoms with Crippen LogP contribution in [0.1, 0.15) is 36.0 Å². The minimum atomic E-state index is 0.0779. The van der Waals surface area contributed by atoms with Crippen molar-refractivity contribution in [1.82, 2.24) is 4.90 Å². The van der Waals surface area contributed by atoms with Gasteiger partial charge in [-0.25, -0.2) is 0 Å². The second-order valence-corrected chi connectivity index (χ2v) is 5.96. The molecular formula is C18H22N2O. The molecule has 1 amide bonds. The molecule has 3 rings (SSSR count). The molecule has 1 aliphatic carbocycles. The van der Waals surface area contributed by atoms with Crippen LogP contribution in [0, 0.1) is 0 Å². The van der Waals surface area contributed by atoms with Crippen LogP contribution in [0.3, 0.4) is 0 Å². The summed E-state index contributed by atoms with van der Waals surface area (Å²) in [7, 11) is 1.89. The highest BCUT2D eigenvalue weighted by Gasteiger charge is 2.29. The minimum absolute atomic E-state index is 0.0779. The average Bonchev–Trinajstić information content (AvgIpc) is 2.53. The van der Waals surface area contributed by atoms with E-state index < -0.39 is 0 Å². The van der Waals surface area contributed by atoms with Crippen molar-refractivity contribution in [2.45, 2.75) is 37.8 Å². The Labute approximate surface area is 125 Å². The van der Waals surface area contributed by atoms with E-state index in [0.717, 1.165) is 35.6 Å². The molecule has 2 unspecified atom stereocenters. The molecule has 0 bridgehead atoms. The van der Waals surface area contributed by atoms with Crippen molar-refractivity contribution in [3.05, 3.63) is 48.0 Å². The van der Waals surface area contributed by atoms with Crippen LogP contribution in [0.25, 0.3) is 10.8 Å². The smallest absolute Gasteiger partial charge is 0.254 e. The van der Waals surface area contributed by atoms with Gasteiger partial charge in [-0.3, -0.25) is 4.79 Å². The topological polar surface area (TPSA) is 46.3 Å². The fourth-order valence-corrected chi connectivity index (χ4v) is 3.37. The second kappa shape index (κ2) is 5.86. The first-order chi connectivity index (χ1) is 10.2. The van der Waals surface area contributed by atoms with Crippen LogP contribution in [0.15, 0.2) is 42.5 Å². The maximum absolute atomic E-state index is 12.9. The first kappa shape index (κ1) is 14.1. The molecule has 2 aromatic rings. The Balaban J connectivity index is 1.93. The number of nitrogens with two attached hydrogens (primary N) is 1. The molecule has 1 saturated carbocycles. The Morgan fingerprint density at radius 2 is 1.81 bits per heavy atom. The van der Waals surface area contributed by atoms with E-state index in [4.69, 9.17) is 5.73 Å². The Hall–Kier alpha value is -1.87. The van der Waals surface area contributed by atoms with Gasteiger partial charge in [0.1, 0.15) is 0 Å². The van der Waals surface area contributed by atoms with Gasteiger partial charge in [-0.15, -0.1) is 0 Å². The zero-order valence-electron chi connectivity index (χ0n) is 12.5. The number of nitrogens with zero attached hydrogens (tertiary/aromatic N) is 1. The number of carbonyl (C=O) groups excluding carboxylic acids is 1. The summed E-state index contributed by atoms with van der Waals surface area (Å²) in [4.78, 5) is 14.7. The number of carbonyl (C=O) groups is 1. The van der Waals surface area contributed by atoms with Crippen LogP contribution in [0.5, 0.6) is 0 Å². The molecule has 0 radical (unpaired) electrons. The van der Waals surface area contributed by atoms with Crippen LogP contribution in [-0.2, 0) is 0 Å². The molecule has 21 heavy (non-hydrogen) atoms. The number of fused-ring (bicyclic) bond motifs is 1. The molecule has 2 atom stereocenters. The van der Waals surface area contributed by atoms with Crippen LogP contribution < -0.4 is 5.73 Å². The molecule has 0 aliphatic heterocycles. The van der Waals surface area contributed by atoms with Gasteiger partial charge in [0, 0.05) is 24.7 Å². The van der Waals surface area contributed by atoms with Crippen molar-refractivity contribution in [3.8, 4) is 0 Å². The van der Waals surface area contributed by atoms with E-state index in [1.165, 1.54) is 6.42 Å². The standard InChI is InChI=1S/C18H22N2O/c1-20(17-12-5-4-11-16(17)19)18(21)15-10-6-8-13-7-2-3-9-14(13)15/h2-3,6-10,16-17H,4-5,11-12,19H2,1H3. The summed E-state index contributed by atoms with van der Waals surface area (Å²) in [5, 5.41) is 2.12. The van der Waals surface area contributed by atoms with E-state index in [0.29, 0.717) is 0 Å². The Kier molecular flexibility index (Phi) is 3.93. The quantitative estimate of drug-likeness (QED) is 0.919. The Morgan fingerprint density at radius 3 is 2.62 bits per heavy atom. The summed E-state index contributed by atoms with van der Waals surface area (Å²) in [6.07, 6.45) is 4.35. The molecular weight excluding hydrogens is 260 g/mol. The van der Waals surface area contributed by atoms with Gasteiger partial charge in [-0.2, -0.15) is 0 Å². The molecule has 0 aromatic heterocycles. The lowest BCUT2D eigenvalue weighted by Crippen LogP contribution is -2.50. The molecule has 110 valence electrons. The normalized spacial score (nSPS) is 22.2. The molecule has 0 spiro atoms. The summed E-state index contributed by atoms with van der Waals surface area (Å²) in [6.45, 7) is 0. The van der Waals surface area contributed by atoms with Crippen molar-refractivity contribution >= 4 is 16.7 Å². The zero-order valence-corrected chi connectivity index (χ0v) is 12.5. The molecule has 1 aliphatic rings. The van der Waals surface area contributed by atoms with Crippen LogP contribution in [-0.4, -0.2) is 29.9 Å². The zero-order chi connectivity index (χ0) is 14.8. The lowest BCUT2D eigenvalue weighted by Gasteiger charge is -2.36. The van der Waals surface area contributed by atoms with Gasteiger partial charge in [0.2, 0.25) is 0 Å². The molecule has 3 heteroatoms. The highest BCUT2D eigenvalue weighted by Crippen LogP contribution is 2.25. The molecule has 1 fully saturated rings. The average molecular weight is 282 g/mol. The predicted molar refractivity (Wildman–Crippen MR) is 86.3 cm³/mol. The third-order valence-corrected chi connectivity index (χ3v) is 4.62. The van der Waals surface area contributed by atoms with Gasteiger partial charge in [0.25, 0.3) is 5.91 Å². The van der Waals surface area contributed by atoms with E-state index in [2.05, 4.69) is 0 Å². The van der Waals surface area contributed by atoms with Gasteiger partial charge < -0.3 is 10.6 Å². The number of hydrogen-bond acceptors (Lipinski definition) is 2. The molecule has 3 nitrogen and oxygen atoms in total. The summed E-state index contributed by atoms with van der Waals surface area (Å²) < 4.78 is 0. The lowest BCUT2D eigenvalue weighted by atomic mass is 9.89.